The first-order chi connectivity index (χ1) is 14.4. The fourth-order valence-corrected chi connectivity index (χ4v) is 4.98. The van der Waals surface area contributed by atoms with Crippen LogP contribution in [0.25, 0.3) is 0 Å². The van der Waals surface area contributed by atoms with Crippen LogP contribution in [-0.4, -0.2) is 43.4 Å². The minimum Gasteiger partial charge on any atom is -0.347 e. The predicted octanol–water partition coefficient (Wildman–Crippen LogP) is 3.06. The van der Waals surface area contributed by atoms with Crippen molar-refractivity contribution >= 4 is 16.0 Å². The molecular weight excluding hydrogens is 400 g/mol. The summed E-state index contributed by atoms with van der Waals surface area (Å²) in [5.41, 5.74) is 1.78. The number of nitrogens with zero attached hydrogens (tertiary/aromatic N) is 1. The first-order valence-corrected chi connectivity index (χ1v) is 12.1. The standard InChI is InChI=1S/C23H28N2O4S/c26-22(23(11-12-23)20-10-6-7-18(15-20)17-30(27,28)29)24-21(16-25-13-4-5-14-25)19-8-2-1-3-9-19/h1-3,6-10,15,21H,4-5,11-14,16-17H2,(H,24,26)(H,27,28,29)/t21-/m1/s1. The average molecular weight is 429 g/mol. The molecule has 2 aromatic carbocycles. The molecule has 160 valence electrons. The van der Waals surface area contributed by atoms with Gasteiger partial charge in [-0.15, -0.1) is 0 Å². The number of carbonyl (C=O) groups is 1. The summed E-state index contributed by atoms with van der Waals surface area (Å²) >= 11 is 0. The van der Waals surface area contributed by atoms with Crippen molar-refractivity contribution in [3.8, 4) is 0 Å². The van der Waals surface area contributed by atoms with Gasteiger partial charge in [-0.2, -0.15) is 8.42 Å². The Kier molecular flexibility index (Phi) is 5.95. The highest BCUT2D eigenvalue weighted by Gasteiger charge is 2.51. The highest BCUT2D eigenvalue weighted by atomic mass is 32.2. The summed E-state index contributed by atoms with van der Waals surface area (Å²) in [6.45, 7) is 2.90. The molecule has 2 aromatic rings. The number of rotatable bonds is 8. The summed E-state index contributed by atoms with van der Waals surface area (Å²) in [6, 6.07) is 17.0. The highest BCUT2D eigenvalue weighted by Crippen LogP contribution is 2.49. The van der Waals surface area contributed by atoms with Crippen LogP contribution in [-0.2, 0) is 26.1 Å². The number of benzene rings is 2. The summed E-state index contributed by atoms with van der Waals surface area (Å²) in [7, 11) is -4.11. The molecule has 1 atom stereocenters. The summed E-state index contributed by atoms with van der Waals surface area (Å²) in [5.74, 6) is -0.459. The Morgan fingerprint density at radius 1 is 1.07 bits per heavy atom. The molecule has 6 nitrogen and oxygen atoms in total. The van der Waals surface area contributed by atoms with Gasteiger partial charge in [0.25, 0.3) is 10.1 Å². The van der Waals surface area contributed by atoms with E-state index in [1.165, 1.54) is 12.8 Å². The van der Waals surface area contributed by atoms with E-state index in [0.29, 0.717) is 5.56 Å². The molecule has 1 heterocycles. The Morgan fingerprint density at radius 2 is 1.77 bits per heavy atom. The van der Waals surface area contributed by atoms with Gasteiger partial charge in [0.2, 0.25) is 5.91 Å². The van der Waals surface area contributed by atoms with Gasteiger partial charge in [-0.1, -0.05) is 54.6 Å². The van der Waals surface area contributed by atoms with Gasteiger partial charge in [0.05, 0.1) is 11.5 Å². The second kappa shape index (κ2) is 8.49. The Morgan fingerprint density at radius 3 is 2.40 bits per heavy atom. The summed E-state index contributed by atoms with van der Waals surface area (Å²) < 4.78 is 31.7. The molecule has 2 aliphatic rings. The lowest BCUT2D eigenvalue weighted by molar-refractivity contribution is -0.124. The lowest BCUT2D eigenvalue weighted by atomic mass is 9.92. The van der Waals surface area contributed by atoms with E-state index in [1.54, 1.807) is 18.2 Å². The van der Waals surface area contributed by atoms with E-state index in [1.807, 2.05) is 36.4 Å². The quantitative estimate of drug-likeness (QED) is 0.631. The van der Waals surface area contributed by atoms with E-state index in [4.69, 9.17) is 4.55 Å². The SMILES string of the molecule is O=C(N[C@H](CN1CCCC1)c1ccccc1)C1(c2cccc(CS(=O)(=O)O)c2)CC1. The molecule has 0 aromatic heterocycles. The number of likely N-dealkylation sites (tertiary alicyclic amines) is 1. The number of hydrogen-bond donors (Lipinski definition) is 2. The zero-order valence-electron chi connectivity index (χ0n) is 17.0. The average Bonchev–Trinajstić information content (AvgIpc) is 3.37. The first-order valence-electron chi connectivity index (χ1n) is 10.5. The van der Waals surface area contributed by atoms with Crippen LogP contribution in [0.15, 0.2) is 54.6 Å². The lowest BCUT2D eigenvalue weighted by Gasteiger charge is -2.27. The smallest absolute Gasteiger partial charge is 0.269 e. The molecule has 4 rings (SSSR count). The predicted molar refractivity (Wildman–Crippen MR) is 116 cm³/mol. The second-order valence-corrected chi connectivity index (χ2v) is 9.91. The van der Waals surface area contributed by atoms with E-state index in [-0.39, 0.29) is 11.9 Å². The van der Waals surface area contributed by atoms with Gasteiger partial charge < -0.3 is 10.2 Å². The van der Waals surface area contributed by atoms with Crippen molar-refractivity contribution in [3.05, 3.63) is 71.3 Å². The largest absolute Gasteiger partial charge is 0.347 e. The maximum absolute atomic E-state index is 13.4. The monoisotopic (exact) mass is 428 g/mol. The molecule has 0 bridgehead atoms. The van der Waals surface area contributed by atoms with Crippen molar-refractivity contribution < 1.29 is 17.8 Å². The lowest BCUT2D eigenvalue weighted by Crippen LogP contribution is -2.41. The van der Waals surface area contributed by atoms with Crippen LogP contribution < -0.4 is 5.32 Å². The number of hydrogen-bond acceptors (Lipinski definition) is 4. The molecular formula is C23H28N2O4S. The third-order valence-electron chi connectivity index (χ3n) is 6.16. The van der Waals surface area contributed by atoms with Gasteiger partial charge >= 0.3 is 0 Å². The normalized spacial score (nSPS) is 19.4. The van der Waals surface area contributed by atoms with Crippen molar-refractivity contribution in [2.75, 3.05) is 19.6 Å². The van der Waals surface area contributed by atoms with Crippen molar-refractivity contribution in [1.29, 1.82) is 0 Å². The number of carbonyl (C=O) groups excluding carboxylic acids is 1. The fraction of sp³-hybridized carbons (Fsp3) is 0.435. The topological polar surface area (TPSA) is 86.7 Å². The molecule has 1 saturated carbocycles. The Hall–Kier alpha value is -2.22. The summed E-state index contributed by atoms with van der Waals surface area (Å²) in [4.78, 5) is 15.8. The van der Waals surface area contributed by atoms with Gasteiger partial charge in [-0.25, -0.2) is 0 Å². The molecule has 7 heteroatoms. The highest BCUT2D eigenvalue weighted by molar-refractivity contribution is 7.85. The Bertz CT molecular complexity index is 997. The van der Waals surface area contributed by atoms with E-state index in [2.05, 4.69) is 10.2 Å². The summed E-state index contributed by atoms with van der Waals surface area (Å²) in [5, 5.41) is 3.28. The third kappa shape index (κ3) is 4.91. The van der Waals surface area contributed by atoms with Gasteiger partial charge in [0, 0.05) is 6.54 Å². The van der Waals surface area contributed by atoms with Crippen LogP contribution in [0.3, 0.4) is 0 Å². The van der Waals surface area contributed by atoms with Crippen LogP contribution in [0.2, 0.25) is 0 Å². The summed E-state index contributed by atoms with van der Waals surface area (Å²) in [6.07, 6.45) is 3.86. The number of amides is 1. The third-order valence-corrected chi connectivity index (χ3v) is 6.86. The molecule has 1 aliphatic heterocycles. The van der Waals surface area contributed by atoms with Crippen molar-refractivity contribution in [2.24, 2.45) is 0 Å². The molecule has 2 fully saturated rings. The fourth-order valence-electron chi connectivity index (χ4n) is 4.38. The van der Waals surface area contributed by atoms with Crippen molar-refractivity contribution in [2.45, 2.75) is 42.9 Å². The van der Waals surface area contributed by atoms with Crippen LogP contribution in [0.4, 0.5) is 0 Å². The molecule has 1 saturated heterocycles. The molecule has 0 radical (unpaired) electrons. The molecule has 1 aliphatic carbocycles. The second-order valence-electron chi connectivity index (χ2n) is 8.45. The Balaban J connectivity index is 1.54. The molecule has 1 amide bonds. The van der Waals surface area contributed by atoms with Crippen molar-refractivity contribution in [1.82, 2.24) is 10.2 Å². The maximum atomic E-state index is 13.4. The van der Waals surface area contributed by atoms with Gasteiger partial charge in [-0.05, 0) is 55.5 Å². The Labute approximate surface area is 178 Å². The van der Waals surface area contributed by atoms with Crippen LogP contribution in [0.5, 0.6) is 0 Å². The van der Waals surface area contributed by atoms with Gasteiger partial charge in [-0.3, -0.25) is 9.35 Å². The minimum atomic E-state index is -4.11. The van der Waals surface area contributed by atoms with E-state index < -0.39 is 21.3 Å². The van der Waals surface area contributed by atoms with Gasteiger partial charge in [0.1, 0.15) is 5.75 Å². The molecule has 0 spiro atoms. The van der Waals surface area contributed by atoms with E-state index >= 15 is 0 Å². The van der Waals surface area contributed by atoms with Crippen LogP contribution in [0, 0.1) is 0 Å². The zero-order valence-corrected chi connectivity index (χ0v) is 17.8. The molecule has 30 heavy (non-hydrogen) atoms. The first kappa shape index (κ1) is 21.0. The van der Waals surface area contributed by atoms with Crippen molar-refractivity contribution in [3.63, 3.8) is 0 Å². The van der Waals surface area contributed by atoms with E-state index in [0.717, 1.165) is 43.6 Å². The molecule has 2 N–H and O–H groups in total. The van der Waals surface area contributed by atoms with Crippen LogP contribution >= 0.6 is 0 Å². The molecule has 0 unspecified atom stereocenters. The zero-order chi connectivity index (χ0) is 21.2. The van der Waals surface area contributed by atoms with E-state index in [9.17, 15) is 13.2 Å². The van der Waals surface area contributed by atoms with Gasteiger partial charge in [0.15, 0.2) is 0 Å². The number of nitrogens with one attached hydrogen (secondary N) is 1. The minimum absolute atomic E-state index is 0.0143. The maximum Gasteiger partial charge on any atom is 0.269 e. The van der Waals surface area contributed by atoms with Crippen LogP contribution in [0.1, 0.15) is 48.4 Å².